The van der Waals surface area contributed by atoms with Gasteiger partial charge in [0.05, 0.1) is 26.5 Å². The normalized spacial score (nSPS) is 11.1. The Labute approximate surface area is 222 Å². The fourth-order valence-corrected chi connectivity index (χ4v) is 3.38. The number of carbonyl (C=O) groups excluding carboxylic acids is 2. The van der Waals surface area contributed by atoms with Gasteiger partial charge in [-0.2, -0.15) is 5.26 Å². The summed E-state index contributed by atoms with van der Waals surface area (Å²) in [4.78, 5) is 24.6. The van der Waals surface area contributed by atoms with Gasteiger partial charge in [-0.15, -0.1) is 0 Å². The van der Waals surface area contributed by atoms with Crippen LogP contribution in [-0.4, -0.2) is 25.6 Å². The Morgan fingerprint density at radius 1 is 1.05 bits per heavy atom. The van der Waals surface area contributed by atoms with Gasteiger partial charge in [-0.05, 0) is 66.1 Å². The summed E-state index contributed by atoms with van der Waals surface area (Å²) in [5, 5.41) is 12.0. The maximum absolute atomic E-state index is 12.3. The predicted molar refractivity (Wildman–Crippen MR) is 143 cm³/mol. The van der Waals surface area contributed by atoms with Crippen LogP contribution in [0.3, 0.4) is 0 Å². The van der Waals surface area contributed by atoms with Crippen LogP contribution in [-0.2, 0) is 16.1 Å². The molecular formula is C30H30N2O6. The van der Waals surface area contributed by atoms with Gasteiger partial charge in [-0.25, -0.2) is 4.79 Å². The molecule has 0 spiro atoms. The Kier molecular flexibility index (Phi) is 10.8. The molecule has 1 N–H and O–H groups in total. The minimum Gasteiger partial charge on any atom is -0.493 e. The molecule has 0 aliphatic rings. The molecule has 0 radical (unpaired) electrons. The molecule has 0 saturated carbocycles. The zero-order valence-electron chi connectivity index (χ0n) is 21.4. The fraction of sp³-hybridized carbons (Fsp3) is 0.233. The number of hydrogen-bond donors (Lipinski definition) is 1. The zero-order valence-corrected chi connectivity index (χ0v) is 21.4. The topological polar surface area (TPSA) is 111 Å². The van der Waals surface area contributed by atoms with Crippen molar-refractivity contribution >= 4 is 24.0 Å². The van der Waals surface area contributed by atoms with Crippen molar-refractivity contribution in [2.24, 2.45) is 0 Å². The Balaban J connectivity index is 1.55. The van der Waals surface area contributed by atoms with E-state index in [0.717, 1.165) is 24.8 Å². The van der Waals surface area contributed by atoms with Gasteiger partial charge in [-0.1, -0.05) is 38.0 Å². The Morgan fingerprint density at radius 3 is 2.53 bits per heavy atom. The minimum absolute atomic E-state index is 0.0583. The molecule has 1 amide bonds. The minimum atomic E-state index is -0.554. The molecule has 3 rings (SSSR count). The van der Waals surface area contributed by atoms with Crippen molar-refractivity contribution in [2.45, 2.75) is 32.7 Å². The molecule has 2 aromatic carbocycles. The van der Waals surface area contributed by atoms with Crippen molar-refractivity contribution in [3.8, 4) is 23.3 Å². The second-order valence-corrected chi connectivity index (χ2v) is 8.22. The van der Waals surface area contributed by atoms with E-state index < -0.39 is 11.9 Å². The Hall–Kier alpha value is -4.77. The molecule has 1 heterocycles. The summed E-state index contributed by atoms with van der Waals surface area (Å²) in [7, 11) is 1.57. The lowest BCUT2D eigenvalue weighted by atomic mass is 10.1. The van der Waals surface area contributed by atoms with E-state index in [2.05, 4.69) is 12.2 Å². The highest BCUT2D eigenvalue weighted by molar-refractivity contribution is 6.01. The van der Waals surface area contributed by atoms with Crippen molar-refractivity contribution < 1.29 is 28.2 Å². The maximum Gasteiger partial charge on any atom is 0.336 e. The lowest BCUT2D eigenvalue weighted by Crippen LogP contribution is -2.23. The number of furan rings is 1. The summed E-state index contributed by atoms with van der Waals surface area (Å²) in [5.74, 6) is 1.09. The highest BCUT2D eigenvalue weighted by Gasteiger charge is 2.10. The van der Waals surface area contributed by atoms with Crippen LogP contribution in [0.4, 0.5) is 0 Å². The average Bonchev–Trinajstić information content (AvgIpc) is 3.46. The van der Waals surface area contributed by atoms with E-state index in [1.54, 1.807) is 55.7 Å². The molecule has 38 heavy (non-hydrogen) atoms. The van der Waals surface area contributed by atoms with Gasteiger partial charge in [0.25, 0.3) is 5.91 Å². The number of carbonyl (C=O) groups is 2. The summed E-state index contributed by atoms with van der Waals surface area (Å²) in [5.41, 5.74) is 1.31. The third kappa shape index (κ3) is 8.71. The van der Waals surface area contributed by atoms with Gasteiger partial charge in [0.2, 0.25) is 0 Å². The largest absolute Gasteiger partial charge is 0.493 e. The van der Waals surface area contributed by atoms with Crippen LogP contribution in [0, 0.1) is 11.3 Å². The third-order valence-electron chi connectivity index (χ3n) is 5.38. The number of esters is 1. The molecule has 8 nitrogen and oxygen atoms in total. The van der Waals surface area contributed by atoms with Crippen LogP contribution in [0.5, 0.6) is 17.2 Å². The fourth-order valence-electron chi connectivity index (χ4n) is 3.38. The molecule has 8 heteroatoms. The summed E-state index contributed by atoms with van der Waals surface area (Å²) in [6.07, 6.45) is 9.11. The molecular weight excluding hydrogens is 484 g/mol. The highest BCUT2D eigenvalue weighted by atomic mass is 16.5. The lowest BCUT2D eigenvalue weighted by Gasteiger charge is -2.11. The lowest BCUT2D eigenvalue weighted by molar-refractivity contribution is -0.128. The molecule has 0 saturated heterocycles. The first-order valence-electron chi connectivity index (χ1n) is 12.3. The van der Waals surface area contributed by atoms with Crippen molar-refractivity contribution in [2.75, 3.05) is 13.7 Å². The van der Waals surface area contributed by atoms with Gasteiger partial charge in [0.1, 0.15) is 23.2 Å². The number of nitrogens with one attached hydrogen (secondary N) is 1. The van der Waals surface area contributed by atoms with Crippen LogP contribution >= 0.6 is 0 Å². The second kappa shape index (κ2) is 14.7. The number of nitrogens with zero attached hydrogens (tertiary/aromatic N) is 1. The maximum atomic E-state index is 12.3. The Morgan fingerprint density at radius 2 is 1.84 bits per heavy atom. The molecule has 3 aromatic rings. The molecule has 1 aromatic heterocycles. The molecule has 196 valence electrons. The first-order chi connectivity index (χ1) is 18.5. The molecule has 0 bridgehead atoms. The van der Waals surface area contributed by atoms with E-state index in [1.165, 1.54) is 18.4 Å². The van der Waals surface area contributed by atoms with Crippen molar-refractivity contribution in [1.29, 1.82) is 5.26 Å². The van der Waals surface area contributed by atoms with Crippen LogP contribution in [0.1, 0.15) is 43.1 Å². The summed E-state index contributed by atoms with van der Waals surface area (Å²) < 4.78 is 21.7. The van der Waals surface area contributed by atoms with Crippen molar-refractivity contribution in [3.05, 3.63) is 89.4 Å². The summed E-state index contributed by atoms with van der Waals surface area (Å²) in [6.45, 7) is 2.94. The van der Waals surface area contributed by atoms with Gasteiger partial charge < -0.3 is 23.9 Å². The van der Waals surface area contributed by atoms with Gasteiger partial charge in [0.15, 0.2) is 11.5 Å². The summed E-state index contributed by atoms with van der Waals surface area (Å²) >= 11 is 0. The standard InChI is InChI=1S/C30H30N2O6/c1-3-4-5-16-37-27-14-10-23(19-28(27)35-2)11-15-29(33)38-25-12-8-22(9-13-25)18-24(20-31)30(34)32-21-26-7-6-17-36-26/h6-15,17-19H,3-5,16,21H2,1-2H3,(H,32,34)/b15-11+,24-18+. The van der Waals surface area contributed by atoms with Crippen LogP contribution in [0.15, 0.2) is 76.9 Å². The van der Waals surface area contributed by atoms with Gasteiger partial charge in [-0.3, -0.25) is 4.79 Å². The van der Waals surface area contributed by atoms with Crippen LogP contribution in [0.25, 0.3) is 12.2 Å². The van der Waals surface area contributed by atoms with E-state index in [9.17, 15) is 14.9 Å². The molecule has 0 aliphatic carbocycles. The first kappa shape index (κ1) is 27.8. The number of amides is 1. The average molecular weight is 515 g/mol. The predicted octanol–water partition coefficient (Wildman–Crippen LogP) is 5.70. The Bertz CT molecular complexity index is 1300. The number of methoxy groups -OCH3 is 1. The monoisotopic (exact) mass is 514 g/mol. The van der Waals surface area contributed by atoms with Crippen LogP contribution < -0.4 is 19.5 Å². The number of benzene rings is 2. The van der Waals surface area contributed by atoms with E-state index in [-0.39, 0.29) is 12.1 Å². The third-order valence-corrected chi connectivity index (χ3v) is 5.38. The van der Waals surface area contributed by atoms with Gasteiger partial charge in [0, 0.05) is 6.08 Å². The van der Waals surface area contributed by atoms with Crippen molar-refractivity contribution in [1.82, 2.24) is 5.32 Å². The molecule has 0 fully saturated rings. The summed E-state index contributed by atoms with van der Waals surface area (Å²) in [6, 6.07) is 17.2. The smallest absolute Gasteiger partial charge is 0.336 e. The quantitative estimate of drug-likeness (QED) is 0.102. The van der Waals surface area contributed by atoms with E-state index in [1.807, 2.05) is 18.2 Å². The van der Waals surface area contributed by atoms with Gasteiger partial charge >= 0.3 is 5.97 Å². The number of hydrogen-bond acceptors (Lipinski definition) is 7. The molecule has 0 atom stereocenters. The first-order valence-corrected chi connectivity index (χ1v) is 12.3. The number of rotatable bonds is 13. The van der Waals surface area contributed by atoms with Crippen molar-refractivity contribution in [3.63, 3.8) is 0 Å². The number of ether oxygens (including phenoxy) is 3. The number of unbranched alkanes of at least 4 members (excludes halogenated alkanes) is 2. The van der Waals surface area contributed by atoms with E-state index in [0.29, 0.717) is 35.2 Å². The molecule has 0 unspecified atom stereocenters. The second-order valence-electron chi connectivity index (χ2n) is 8.22. The number of nitriles is 1. The SMILES string of the molecule is CCCCCOc1ccc(/C=C/C(=O)Oc2ccc(/C=C(\C#N)C(=O)NCc3ccco3)cc2)cc1OC. The zero-order chi connectivity index (χ0) is 27.2. The van der Waals surface area contributed by atoms with E-state index in [4.69, 9.17) is 18.6 Å². The highest BCUT2D eigenvalue weighted by Crippen LogP contribution is 2.29. The van der Waals surface area contributed by atoms with E-state index >= 15 is 0 Å². The molecule has 0 aliphatic heterocycles. The van der Waals surface area contributed by atoms with Crippen LogP contribution in [0.2, 0.25) is 0 Å².